The van der Waals surface area contributed by atoms with Crippen LogP contribution in [0.5, 0.6) is 0 Å². The molecule has 96 valence electrons. The minimum absolute atomic E-state index is 0.0532. The van der Waals surface area contributed by atoms with Crippen molar-refractivity contribution in [3.05, 3.63) is 33.3 Å². The van der Waals surface area contributed by atoms with Crippen LogP contribution in [-0.2, 0) is 13.1 Å². The summed E-state index contributed by atoms with van der Waals surface area (Å²) < 4.78 is 4.47. The number of hydrogen-bond donors (Lipinski definition) is 1. The van der Waals surface area contributed by atoms with E-state index in [1.807, 2.05) is 0 Å². The van der Waals surface area contributed by atoms with E-state index in [1.165, 1.54) is 22.2 Å². The molecule has 0 aliphatic rings. The number of fused-ring (bicyclic) bond motifs is 1. The molecule has 0 aromatic carbocycles. The summed E-state index contributed by atoms with van der Waals surface area (Å²) in [5.41, 5.74) is 0.502. The molecule has 18 heavy (non-hydrogen) atoms. The zero-order valence-electron chi connectivity index (χ0n) is 9.70. The Labute approximate surface area is 113 Å². The number of aromatic nitrogens is 3. The molecule has 2 aromatic rings. The quantitative estimate of drug-likeness (QED) is 0.668. The molecule has 0 atom stereocenters. The van der Waals surface area contributed by atoms with Gasteiger partial charge < -0.3 is 9.67 Å². The van der Waals surface area contributed by atoms with Crippen molar-refractivity contribution >= 4 is 33.9 Å². The molecule has 5 nitrogen and oxygen atoms in total. The summed E-state index contributed by atoms with van der Waals surface area (Å²) in [4.78, 5) is 16.4. The number of rotatable bonds is 5. The SMILES string of the molecule is C=CCn1c(=S)sc2c(=O)n(CCCO)cnc21. The Kier molecular flexibility index (Phi) is 4.05. The van der Waals surface area contributed by atoms with Crippen LogP contribution >= 0.6 is 23.6 Å². The molecule has 0 fully saturated rings. The van der Waals surface area contributed by atoms with Gasteiger partial charge in [0.05, 0.1) is 6.33 Å². The van der Waals surface area contributed by atoms with Crippen molar-refractivity contribution in [3.8, 4) is 0 Å². The molecule has 7 heteroatoms. The predicted molar refractivity (Wildman–Crippen MR) is 74.6 cm³/mol. The van der Waals surface area contributed by atoms with Crippen LogP contribution < -0.4 is 5.56 Å². The predicted octanol–water partition coefficient (Wildman–Crippen LogP) is 1.56. The van der Waals surface area contributed by atoms with Crippen molar-refractivity contribution in [1.29, 1.82) is 0 Å². The van der Waals surface area contributed by atoms with Crippen molar-refractivity contribution in [2.75, 3.05) is 6.61 Å². The van der Waals surface area contributed by atoms with Crippen LogP contribution in [0.15, 0.2) is 23.8 Å². The van der Waals surface area contributed by atoms with E-state index in [-0.39, 0.29) is 12.2 Å². The number of nitrogens with zero attached hydrogens (tertiary/aromatic N) is 3. The molecule has 0 amide bonds. The number of aliphatic hydroxyl groups is 1. The van der Waals surface area contributed by atoms with Gasteiger partial charge in [0.15, 0.2) is 9.60 Å². The highest BCUT2D eigenvalue weighted by Crippen LogP contribution is 2.17. The fraction of sp³-hybridized carbons (Fsp3) is 0.364. The van der Waals surface area contributed by atoms with E-state index in [1.54, 1.807) is 10.6 Å². The van der Waals surface area contributed by atoms with E-state index < -0.39 is 0 Å². The zero-order chi connectivity index (χ0) is 13.1. The molecule has 2 heterocycles. The first kappa shape index (κ1) is 13.1. The van der Waals surface area contributed by atoms with E-state index >= 15 is 0 Å². The maximum atomic E-state index is 12.2. The van der Waals surface area contributed by atoms with E-state index in [4.69, 9.17) is 17.3 Å². The van der Waals surface area contributed by atoms with Gasteiger partial charge >= 0.3 is 0 Å². The smallest absolute Gasteiger partial charge is 0.272 e. The number of thiazole rings is 1. The van der Waals surface area contributed by atoms with Crippen LogP contribution in [-0.4, -0.2) is 25.8 Å². The first-order chi connectivity index (χ1) is 8.69. The maximum absolute atomic E-state index is 12.2. The monoisotopic (exact) mass is 283 g/mol. The fourth-order valence-electron chi connectivity index (χ4n) is 1.66. The van der Waals surface area contributed by atoms with Crippen molar-refractivity contribution < 1.29 is 5.11 Å². The minimum atomic E-state index is -0.104. The van der Waals surface area contributed by atoms with Gasteiger partial charge in [-0.2, -0.15) is 0 Å². The molecule has 0 aliphatic heterocycles. The first-order valence-electron chi connectivity index (χ1n) is 5.49. The third-order valence-corrected chi connectivity index (χ3v) is 3.94. The number of aryl methyl sites for hydroxylation is 1. The van der Waals surface area contributed by atoms with Gasteiger partial charge in [-0.05, 0) is 18.6 Å². The van der Waals surface area contributed by atoms with Crippen LogP contribution in [0.2, 0.25) is 0 Å². The van der Waals surface area contributed by atoms with Crippen molar-refractivity contribution in [2.45, 2.75) is 19.5 Å². The second kappa shape index (κ2) is 5.55. The topological polar surface area (TPSA) is 60.0 Å². The normalized spacial score (nSPS) is 10.9. The lowest BCUT2D eigenvalue weighted by Gasteiger charge is -2.04. The van der Waals surface area contributed by atoms with E-state index in [9.17, 15) is 4.79 Å². The number of hydrogen-bond acceptors (Lipinski definition) is 5. The minimum Gasteiger partial charge on any atom is -0.396 e. The van der Waals surface area contributed by atoms with Crippen LogP contribution in [0.25, 0.3) is 10.3 Å². The van der Waals surface area contributed by atoms with Gasteiger partial charge in [-0.3, -0.25) is 9.36 Å². The Morgan fingerprint density at radius 2 is 2.39 bits per heavy atom. The van der Waals surface area contributed by atoms with Crippen LogP contribution in [0.4, 0.5) is 0 Å². The molecular weight excluding hydrogens is 270 g/mol. The largest absolute Gasteiger partial charge is 0.396 e. The lowest BCUT2D eigenvalue weighted by molar-refractivity contribution is 0.279. The van der Waals surface area contributed by atoms with Crippen LogP contribution in [0.1, 0.15) is 6.42 Å². The van der Waals surface area contributed by atoms with Gasteiger partial charge in [0, 0.05) is 19.7 Å². The molecule has 0 aliphatic carbocycles. The lowest BCUT2D eigenvalue weighted by Crippen LogP contribution is -2.20. The third kappa shape index (κ3) is 2.29. The molecule has 0 saturated heterocycles. The van der Waals surface area contributed by atoms with Gasteiger partial charge in [0.2, 0.25) is 0 Å². The number of aliphatic hydroxyl groups excluding tert-OH is 1. The highest BCUT2D eigenvalue weighted by molar-refractivity contribution is 7.73. The van der Waals surface area contributed by atoms with Gasteiger partial charge in [-0.25, -0.2) is 4.98 Å². The summed E-state index contributed by atoms with van der Waals surface area (Å²) in [6.45, 7) is 4.73. The second-order valence-electron chi connectivity index (χ2n) is 3.74. The second-order valence-corrected chi connectivity index (χ2v) is 5.38. The molecule has 2 rings (SSSR count). The van der Waals surface area contributed by atoms with Gasteiger partial charge in [-0.15, -0.1) is 6.58 Å². The van der Waals surface area contributed by atoms with Crippen LogP contribution in [0, 0.1) is 3.95 Å². The molecule has 0 bridgehead atoms. The average molecular weight is 283 g/mol. The molecule has 0 radical (unpaired) electrons. The Bertz CT molecular complexity index is 684. The van der Waals surface area contributed by atoms with Gasteiger partial charge in [0.25, 0.3) is 5.56 Å². The summed E-state index contributed by atoms with van der Waals surface area (Å²) in [6.07, 6.45) is 3.76. The Morgan fingerprint density at radius 3 is 3.06 bits per heavy atom. The lowest BCUT2D eigenvalue weighted by atomic mass is 10.4. The molecule has 0 unspecified atom stereocenters. The van der Waals surface area contributed by atoms with Gasteiger partial charge in [-0.1, -0.05) is 17.4 Å². The summed E-state index contributed by atoms with van der Waals surface area (Å²) in [6, 6.07) is 0. The molecule has 0 spiro atoms. The Balaban J connectivity index is 2.59. The van der Waals surface area contributed by atoms with Crippen LogP contribution in [0.3, 0.4) is 0 Å². The molecule has 0 saturated carbocycles. The highest BCUT2D eigenvalue weighted by atomic mass is 32.1. The van der Waals surface area contributed by atoms with Gasteiger partial charge in [0.1, 0.15) is 4.70 Å². The van der Waals surface area contributed by atoms with E-state index in [0.29, 0.717) is 33.8 Å². The average Bonchev–Trinajstić information content (AvgIpc) is 2.67. The number of allylic oxidation sites excluding steroid dienone is 1. The zero-order valence-corrected chi connectivity index (χ0v) is 11.3. The molecular formula is C11H13N3O2S2. The van der Waals surface area contributed by atoms with Crippen molar-refractivity contribution in [1.82, 2.24) is 14.1 Å². The molecule has 1 N–H and O–H groups in total. The Hall–Kier alpha value is -1.31. The summed E-state index contributed by atoms with van der Waals surface area (Å²) in [5, 5.41) is 8.78. The fourth-order valence-corrected chi connectivity index (χ4v) is 2.98. The third-order valence-electron chi connectivity index (χ3n) is 2.51. The van der Waals surface area contributed by atoms with E-state index in [0.717, 1.165) is 0 Å². The first-order valence-corrected chi connectivity index (χ1v) is 6.72. The van der Waals surface area contributed by atoms with Crippen molar-refractivity contribution in [3.63, 3.8) is 0 Å². The summed E-state index contributed by atoms with van der Waals surface area (Å²) >= 11 is 6.48. The van der Waals surface area contributed by atoms with E-state index in [2.05, 4.69) is 11.6 Å². The Morgan fingerprint density at radius 1 is 1.61 bits per heavy atom. The standard InChI is InChI=1S/C11H13N3O2S2/c1-2-4-14-9-8(18-11(14)17)10(16)13(7-12-9)5-3-6-15/h2,7,15H,1,3-6H2. The van der Waals surface area contributed by atoms with Crippen molar-refractivity contribution in [2.24, 2.45) is 0 Å². The highest BCUT2D eigenvalue weighted by Gasteiger charge is 2.10. The summed E-state index contributed by atoms with van der Waals surface area (Å²) in [7, 11) is 0. The maximum Gasteiger partial charge on any atom is 0.272 e. The summed E-state index contributed by atoms with van der Waals surface area (Å²) in [5.74, 6) is 0. The molecule has 2 aromatic heterocycles.